The number of anilines is 1. The van der Waals surface area contributed by atoms with Crippen molar-refractivity contribution >= 4 is 41.7 Å². The van der Waals surface area contributed by atoms with Crippen molar-refractivity contribution in [2.24, 2.45) is 4.99 Å². The Morgan fingerprint density at radius 2 is 1.93 bits per heavy atom. The van der Waals surface area contributed by atoms with Crippen molar-refractivity contribution in [3.63, 3.8) is 0 Å². The standard InChI is InChI=1S/C30H33N7O6/c1-4-11-33-28(39)23-15-34-25(19(23)3)26(35-16-31)37(30(41)43-17-42-29(40)21-6-5-12-32-14-21)24-13-20(8-7-18(24)2)27(38)36-22-9-10-22/h5-8,12-16,22,31,34H,4,9-11,17H2,1-3H3,(H,33,39)(H,36,38). The maximum absolute atomic E-state index is 13.7. The van der Waals surface area contributed by atoms with E-state index in [9.17, 15) is 19.2 Å². The summed E-state index contributed by atoms with van der Waals surface area (Å²) in [6.07, 6.45) is 6.59. The summed E-state index contributed by atoms with van der Waals surface area (Å²) in [4.78, 5) is 63.8. The highest BCUT2D eigenvalue weighted by Gasteiger charge is 2.31. The van der Waals surface area contributed by atoms with Crippen molar-refractivity contribution in [1.29, 1.82) is 5.41 Å². The molecule has 1 saturated carbocycles. The van der Waals surface area contributed by atoms with Crippen molar-refractivity contribution in [1.82, 2.24) is 20.6 Å². The minimum Gasteiger partial charge on any atom is -0.424 e. The summed E-state index contributed by atoms with van der Waals surface area (Å²) >= 11 is 0. The van der Waals surface area contributed by atoms with Crippen LogP contribution in [-0.4, -0.2) is 65.4 Å². The number of carbonyl (C=O) groups excluding carboxylic acids is 4. The number of rotatable bonds is 11. The number of amidine groups is 1. The van der Waals surface area contributed by atoms with E-state index in [-0.39, 0.29) is 40.6 Å². The molecule has 0 radical (unpaired) electrons. The Bertz CT molecular complexity index is 1550. The molecule has 224 valence electrons. The van der Waals surface area contributed by atoms with Crippen LogP contribution in [0.4, 0.5) is 10.5 Å². The molecule has 0 atom stereocenters. The summed E-state index contributed by atoms with van der Waals surface area (Å²) in [6, 6.07) is 8.01. The number of aromatic nitrogens is 2. The summed E-state index contributed by atoms with van der Waals surface area (Å²) in [5, 5.41) is 13.5. The number of hydrogen-bond donors (Lipinski definition) is 4. The Morgan fingerprint density at radius 1 is 1.14 bits per heavy atom. The van der Waals surface area contributed by atoms with Crippen LogP contribution >= 0.6 is 0 Å². The third kappa shape index (κ3) is 7.50. The number of hydrogen-bond acceptors (Lipinski definition) is 8. The predicted molar refractivity (Wildman–Crippen MR) is 159 cm³/mol. The van der Waals surface area contributed by atoms with Gasteiger partial charge < -0.3 is 25.1 Å². The van der Waals surface area contributed by atoms with E-state index in [0.717, 1.165) is 30.5 Å². The monoisotopic (exact) mass is 587 g/mol. The molecular formula is C30H33N7O6. The zero-order chi connectivity index (χ0) is 30.9. The van der Waals surface area contributed by atoms with Gasteiger partial charge in [-0.25, -0.2) is 19.5 Å². The Balaban J connectivity index is 1.70. The average Bonchev–Trinajstić information content (AvgIpc) is 3.74. The second-order valence-electron chi connectivity index (χ2n) is 9.83. The minimum absolute atomic E-state index is 0.0755. The molecular weight excluding hydrogens is 554 g/mol. The van der Waals surface area contributed by atoms with Crippen LogP contribution in [0.2, 0.25) is 0 Å². The molecule has 0 aliphatic heterocycles. The maximum atomic E-state index is 13.7. The molecule has 1 fully saturated rings. The number of aryl methyl sites for hydroxylation is 1. The number of amides is 3. The molecule has 3 amide bonds. The van der Waals surface area contributed by atoms with Crippen LogP contribution in [0.5, 0.6) is 0 Å². The molecule has 0 bridgehead atoms. The zero-order valence-corrected chi connectivity index (χ0v) is 24.1. The highest BCUT2D eigenvalue weighted by atomic mass is 16.7. The third-order valence-corrected chi connectivity index (χ3v) is 6.62. The van der Waals surface area contributed by atoms with Crippen LogP contribution in [0.3, 0.4) is 0 Å². The van der Waals surface area contributed by atoms with E-state index in [0.29, 0.717) is 28.8 Å². The molecule has 13 heteroatoms. The average molecular weight is 588 g/mol. The second kappa shape index (κ2) is 14.0. The summed E-state index contributed by atoms with van der Waals surface area (Å²) in [7, 11) is 0. The van der Waals surface area contributed by atoms with Crippen LogP contribution in [0.1, 0.15) is 74.1 Å². The lowest BCUT2D eigenvalue weighted by atomic mass is 10.1. The second-order valence-corrected chi connectivity index (χ2v) is 9.83. The lowest BCUT2D eigenvalue weighted by Crippen LogP contribution is -2.40. The van der Waals surface area contributed by atoms with Crippen LogP contribution in [-0.2, 0) is 9.47 Å². The molecule has 4 N–H and O–H groups in total. The van der Waals surface area contributed by atoms with E-state index in [4.69, 9.17) is 14.9 Å². The van der Waals surface area contributed by atoms with Crippen molar-refractivity contribution in [3.05, 3.63) is 82.4 Å². The predicted octanol–water partition coefficient (Wildman–Crippen LogP) is 3.87. The van der Waals surface area contributed by atoms with Gasteiger partial charge in [0.05, 0.1) is 22.5 Å². The molecule has 1 aliphatic carbocycles. The van der Waals surface area contributed by atoms with Gasteiger partial charge in [0.25, 0.3) is 11.8 Å². The molecule has 1 aliphatic rings. The number of H-pyrrole nitrogens is 1. The highest BCUT2D eigenvalue weighted by Crippen LogP contribution is 2.28. The molecule has 43 heavy (non-hydrogen) atoms. The topological polar surface area (TPSA) is 179 Å². The van der Waals surface area contributed by atoms with Crippen LogP contribution in [0.15, 0.2) is 53.9 Å². The molecule has 13 nitrogen and oxygen atoms in total. The molecule has 2 heterocycles. The van der Waals surface area contributed by atoms with Crippen molar-refractivity contribution in [3.8, 4) is 0 Å². The first-order valence-electron chi connectivity index (χ1n) is 13.7. The Kier molecular flexibility index (Phi) is 9.99. The van der Waals surface area contributed by atoms with Crippen LogP contribution < -0.4 is 15.5 Å². The largest absolute Gasteiger partial charge is 0.424 e. The van der Waals surface area contributed by atoms with Gasteiger partial charge in [-0.3, -0.25) is 20.0 Å². The summed E-state index contributed by atoms with van der Waals surface area (Å²) in [6.45, 7) is 5.08. The van der Waals surface area contributed by atoms with E-state index in [1.807, 2.05) is 6.92 Å². The van der Waals surface area contributed by atoms with Gasteiger partial charge in [-0.1, -0.05) is 13.0 Å². The molecule has 0 saturated heterocycles. The number of pyridine rings is 1. The smallest absolute Gasteiger partial charge is 0.423 e. The van der Waals surface area contributed by atoms with Gasteiger partial charge in [-0.05, 0) is 68.5 Å². The summed E-state index contributed by atoms with van der Waals surface area (Å²) in [5.74, 6) is -1.45. The van der Waals surface area contributed by atoms with Crippen LogP contribution in [0, 0.1) is 19.3 Å². The number of nitrogens with one attached hydrogen (secondary N) is 4. The number of aromatic amines is 1. The first-order chi connectivity index (χ1) is 20.7. The Morgan fingerprint density at radius 3 is 2.60 bits per heavy atom. The van der Waals surface area contributed by atoms with E-state index in [1.54, 1.807) is 32.0 Å². The molecule has 2 aromatic heterocycles. The van der Waals surface area contributed by atoms with Crippen molar-refractivity contribution < 1.29 is 28.7 Å². The number of carbonyl (C=O) groups is 4. The van der Waals surface area contributed by atoms with Gasteiger partial charge in [-0.2, -0.15) is 0 Å². The van der Waals surface area contributed by atoms with E-state index < -0.39 is 18.9 Å². The first-order valence-corrected chi connectivity index (χ1v) is 13.7. The lowest BCUT2D eigenvalue weighted by molar-refractivity contribution is 0.0000598. The fraction of sp³-hybridized carbons (Fsp3) is 0.300. The molecule has 1 aromatic carbocycles. The Labute approximate surface area is 248 Å². The van der Waals surface area contributed by atoms with Gasteiger partial charge in [0, 0.05) is 36.7 Å². The van der Waals surface area contributed by atoms with Crippen molar-refractivity contribution in [2.75, 3.05) is 18.2 Å². The van der Waals surface area contributed by atoms with Gasteiger partial charge in [0.15, 0.2) is 5.84 Å². The van der Waals surface area contributed by atoms with E-state index >= 15 is 0 Å². The SMILES string of the molecule is CCCNC(=O)c1c[nH]c(C(=NC=N)N(C(=O)OCOC(=O)c2cccnc2)c2cc(C(=O)NC3CC3)ccc2C)c1C. The maximum Gasteiger partial charge on any atom is 0.423 e. The quantitative estimate of drug-likeness (QED) is 0.114. The number of ether oxygens (including phenoxy) is 2. The highest BCUT2D eigenvalue weighted by molar-refractivity contribution is 6.24. The van der Waals surface area contributed by atoms with Gasteiger partial charge in [0.1, 0.15) is 6.34 Å². The molecule has 3 aromatic rings. The number of aliphatic imine (C=N–C) groups is 1. The summed E-state index contributed by atoms with van der Waals surface area (Å²) < 4.78 is 10.5. The number of benzene rings is 1. The molecule has 0 spiro atoms. The van der Waals surface area contributed by atoms with E-state index in [2.05, 4.69) is 25.6 Å². The van der Waals surface area contributed by atoms with Gasteiger partial charge in [-0.15, -0.1) is 0 Å². The normalized spacial score (nSPS) is 12.7. The zero-order valence-electron chi connectivity index (χ0n) is 24.1. The molecule has 4 rings (SSSR count). The summed E-state index contributed by atoms with van der Waals surface area (Å²) in [5.41, 5.74) is 2.34. The fourth-order valence-corrected chi connectivity index (χ4v) is 4.14. The van der Waals surface area contributed by atoms with E-state index in [1.165, 1.54) is 30.7 Å². The Hall–Kier alpha value is -5.33. The number of esters is 1. The lowest BCUT2D eigenvalue weighted by Gasteiger charge is -2.25. The third-order valence-electron chi connectivity index (χ3n) is 6.62. The van der Waals surface area contributed by atoms with Crippen LogP contribution in [0.25, 0.3) is 0 Å². The minimum atomic E-state index is -1.01. The van der Waals surface area contributed by atoms with Crippen molar-refractivity contribution in [2.45, 2.75) is 46.1 Å². The van der Waals surface area contributed by atoms with Gasteiger partial charge >= 0.3 is 12.1 Å². The molecule has 0 unspecified atom stereocenters. The van der Waals surface area contributed by atoms with Gasteiger partial charge in [0.2, 0.25) is 6.79 Å². The fourth-order valence-electron chi connectivity index (χ4n) is 4.14. The number of nitrogens with zero attached hydrogens (tertiary/aromatic N) is 3. The first kappa shape index (κ1) is 30.6.